The zero-order valence-electron chi connectivity index (χ0n) is 22.9. The predicted octanol–water partition coefficient (Wildman–Crippen LogP) is 10.8. The summed E-state index contributed by atoms with van der Waals surface area (Å²) in [6, 6.07) is 31.4. The Kier molecular flexibility index (Phi) is 6.10. The van der Waals surface area contributed by atoms with Crippen LogP contribution in [-0.2, 0) is 0 Å². The third kappa shape index (κ3) is 4.74. The van der Waals surface area contributed by atoms with E-state index in [0.29, 0.717) is 0 Å². The topological polar surface area (TPSA) is 25.8 Å². The molecule has 0 saturated carbocycles. The highest BCUT2D eigenvalue weighted by molar-refractivity contribution is 7.18. The molecule has 0 atom stereocenters. The molecule has 2 nitrogen and oxygen atoms in total. The molecule has 5 aromatic carbocycles. The molecule has 2 aromatic heterocycles. The highest BCUT2D eigenvalue weighted by Gasteiger charge is 2.11. The monoisotopic (exact) mass is 552 g/mol. The molecule has 0 aliphatic rings. The van der Waals surface area contributed by atoms with E-state index >= 15 is 0 Å². The van der Waals surface area contributed by atoms with Gasteiger partial charge in [0, 0.05) is 23.5 Å². The Morgan fingerprint density at radius 1 is 0.400 bits per heavy atom. The van der Waals surface area contributed by atoms with Gasteiger partial charge >= 0.3 is 0 Å². The summed E-state index contributed by atoms with van der Waals surface area (Å²) in [7, 11) is 0. The first-order valence-electron chi connectivity index (χ1n) is 13.5. The standard InChI is InChI=1S/C36H28N2S2/c1-21-9-22(2)12-31(11-21)35-37-19-33(39-35)27-7-5-25-16-30-18-28(8-6-26(30)15-29(25)17-27)34-20-38-36(40-34)32-13-23(3)10-24(4)14-32/h5-20H,1-4H3. The van der Waals surface area contributed by atoms with Crippen molar-refractivity contribution >= 4 is 44.2 Å². The van der Waals surface area contributed by atoms with Crippen LogP contribution in [0.15, 0.2) is 97.3 Å². The molecule has 2 heterocycles. The highest BCUT2D eigenvalue weighted by atomic mass is 32.1. The number of hydrogen-bond donors (Lipinski definition) is 0. The minimum absolute atomic E-state index is 1.07. The Morgan fingerprint density at radius 2 is 0.800 bits per heavy atom. The third-order valence-corrected chi connectivity index (χ3v) is 9.50. The van der Waals surface area contributed by atoms with Gasteiger partial charge in [0.2, 0.25) is 0 Å². The maximum Gasteiger partial charge on any atom is 0.123 e. The molecule has 0 unspecified atom stereocenters. The van der Waals surface area contributed by atoms with Gasteiger partial charge < -0.3 is 0 Å². The summed E-state index contributed by atoms with van der Waals surface area (Å²) in [5.74, 6) is 0. The van der Waals surface area contributed by atoms with Gasteiger partial charge in [-0.1, -0.05) is 58.7 Å². The second kappa shape index (κ2) is 9.81. The Balaban J connectivity index is 1.21. The molecule has 0 N–H and O–H groups in total. The second-order valence-electron chi connectivity index (χ2n) is 10.8. The van der Waals surface area contributed by atoms with E-state index in [1.54, 1.807) is 22.7 Å². The van der Waals surface area contributed by atoms with Crippen LogP contribution >= 0.6 is 22.7 Å². The second-order valence-corrected chi connectivity index (χ2v) is 12.8. The van der Waals surface area contributed by atoms with Crippen molar-refractivity contribution < 1.29 is 0 Å². The summed E-state index contributed by atoms with van der Waals surface area (Å²) in [6.07, 6.45) is 4.01. The van der Waals surface area contributed by atoms with Gasteiger partial charge in [0.15, 0.2) is 0 Å². The molecule has 0 aliphatic heterocycles. The molecular weight excluding hydrogens is 525 g/mol. The largest absolute Gasteiger partial charge is 0.244 e. The molecule has 0 fully saturated rings. The smallest absolute Gasteiger partial charge is 0.123 e. The van der Waals surface area contributed by atoms with E-state index in [0.717, 1.165) is 10.0 Å². The third-order valence-electron chi connectivity index (χ3n) is 7.31. The van der Waals surface area contributed by atoms with Crippen LogP contribution in [0.1, 0.15) is 22.3 Å². The summed E-state index contributed by atoms with van der Waals surface area (Å²) in [6.45, 7) is 8.57. The van der Waals surface area contributed by atoms with Crippen molar-refractivity contribution in [2.45, 2.75) is 27.7 Å². The van der Waals surface area contributed by atoms with Crippen molar-refractivity contribution in [2.24, 2.45) is 0 Å². The van der Waals surface area contributed by atoms with Gasteiger partial charge in [0.05, 0.1) is 9.75 Å². The Bertz CT molecular complexity index is 1870. The molecule has 0 spiro atoms. The van der Waals surface area contributed by atoms with Crippen molar-refractivity contribution in [1.29, 1.82) is 0 Å². The fraction of sp³-hybridized carbons (Fsp3) is 0.111. The molecule has 40 heavy (non-hydrogen) atoms. The molecule has 0 radical (unpaired) electrons. The number of hydrogen-bond acceptors (Lipinski definition) is 4. The van der Waals surface area contributed by atoms with Crippen molar-refractivity contribution in [2.75, 3.05) is 0 Å². The number of fused-ring (bicyclic) bond motifs is 2. The number of aryl methyl sites for hydroxylation is 4. The lowest BCUT2D eigenvalue weighted by atomic mass is 9.99. The van der Waals surface area contributed by atoms with Crippen LogP contribution in [0.5, 0.6) is 0 Å². The van der Waals surface area contributed by atoms with Gasteiger partial charge in [-0.15, -0.1) is 22.7 Å². The van der Waals surface area contributed by atoms with Crippen LogP contribution in [0.4, 0.5) is 0 Å². The minimum Gasteiger partial charge on any atom is -0.244 e. The van der Waals surface area contributed by atoms with E-state index in [9.17, 15) is 0 Å². The normalized spacial score (nSPS) is 11.5. The van der Waals surface area contributed by atoms with Gasteiger partial charge in [-0.05, 0) is 109 Å². The van der Waals surface area contributed by atoms with Gasteiger partial charge in [0.25, 0.3) is 0 Å². The fourth-order valence-corrected chi connectivity index (χ4v) is 7.38. The van der Waals surface area contributed by atoms with Crippen LogP contribution in [0, 0.1) is 27.7 Å². The maximum absolute atomic E-state index is 4.76. The Labute approximate surface area is 242 Å². The first-order valence-corrected chi connectivity index (χ1v) is 15.1. The van der Waals surface area contributed by atoms with Crippen LogP contribution in [0.25, 0.3) is 63.6 Å². The maximum atomic E-state index is 4.76. The quantitative estimate of drug-likeness (QED) is 0.203. The molecule has 0 bridgehead atoms. The van der Waals surface area contributed by atoms with Crippen molar-refractivity contribution in [3.8, 4) is 42.0 Å². The highest BCUT2D eigenvalue weighted by Crippen LogP contribution is 2.37. The van der Waals surface area contributed by atoms with Crippen LogP contribution in [0.3, 0.4) is 0 Å². The van der Waals surface area contributed by atoms with Gasteiger partial charge in [-0.2, -0.15) is 0 Å². The zero-order valence-corrected chi connectivity index (χ0v) is 24.6. The van der Waals surface area contributed by atoms with Gasteiger partial charge in [-0.3, -0.25) is 0 Å². The zero-order chi connectivity index (χ0) is 27.4. The van der Waals surface area contributed by atoms with Crippen LogP contribution in [-0.4, -0.2) is 9.97 Å². The molecule has 194 valence electrons. The molecule has 7 rings (SSSR count). The van der Waals surface area contributed by atoms with E-state index in [-0.39, 0.29) is 0 Å². The Morgan fingerprint density at radius 3 is 1.20 bits per heavy atom. The lowest BCUT2D eigenvalue weighted by Gasteiger charge is -2.06. The molecular formula is C36H28N2S2. The Hall–Kier alpha value is -4.12. The van der Waals surface area contributed by atoms with Crippen molar-refractivity contribution in [3.63, 3.8) is 0 Å². The summed E-state index contributed by atoms with van der Waals surface area (Å²) in [5, 5.41) is 7.11. The summed E-state index contributed by atoms with van der Waals surface area (Å²) in [5.41, 5.74) is 9.88. The minimum atomic E-state index is 1.07. The van der Waals surface area contributed by atoms with E-state index in [2.05, 4.69) is 113 Å². The first kappa shape index (κ1) is 24.9. The average Bonchev–Trinajstić information content (AvgIpc) is 3.61. The van der Waals surface area contributed by atoms with Crippen molar-refractivity contribution in [3.05, 3.63) is 120 Å². The molecule has 4 heteroatoms. The van der Waals surface area contributed by atoms with E-state index in [1.807, 2.05) is 12.4 Å². The molecule has 0 amide bonds. The summed E-state index contributed by atoms with van der Waals surface area (Å²) < 4.78 is 0. The number of rotatable bonds is 4. The van der Waals surface area contributed by atoms with Gasteiger partial charge in [0.1, 0.15) is 10.0 Å². The summed E-state index contributed by atoms with van der Waals surface area (Å²) >= 11 is 3.51. The van der Waals surface area contributed by atoms with Crippen LogP contribution < -0.4 is 0 Å². The number of thiazole rings is 2. The van der Waals surface area contributed by atoms with E-state index in [1.165, 1.54) is 75.8 Å². The fourth-order valence-electron chi connectivity index (χ4n) is 5.58. The van der Waals surface area contributed by atoms with E-state index < -0.39 is 0 Å². The lowest BCUT2D eigenvalue weighted by molar-refractivity contribution is 1.35. The molecule has 7 aromatic rings. The predicted molar refractivity (Wildman–Crippen MR) is 173 cm³/mol. The lowest BCUT2D eigenvalue weighted by Crippen LogP contribution is -1.81. The van der Waals surface area contributed by atoms with Crippen molar-refractivity contribution in [1.82, 2.24) is 9.97 Å². The van der Waals surface area contributed by atoms with E-state index in [4.69, 9.17) is 9.97 Å². The van der Waals surface area contributed by atoms with Crippen LogP contribution in [0.2, 0.25) is 0 Å². The summed E-state index contributed by atoms with van der Waals surface area (Å²) in [4.78, 5) is 11.9. The molecule has 0 aliphatic carbocycles. The number of benzene rings is 5. The SMILES string of the molecule is Cc1cc(C)cc(-c2ncc(-c3ccc4cc5cc(-c6cnc(-c7cc(C)cc(C)c7)s6)ccc5cc4c3)s2)c1. The molecule has 0 saturated heterocycles. The number of aromatic nitrogens is 2. The van der Waals surface area contributed by atoms with Gasteiger partial charge in [-0.25, -0.2) is 9.97 Å². The first-order chi connectivity index (χ1) is 19.4. The average molecular weight is 553 g/mol. The number of nitrogens with zero attached hydrogens (tertiary/aromatic N) is 2.